The number of hydrogen-bond acceptors (Lipinski definition) is 4. The van der Waals surface area contributed by atoms with Gasteiger partial charge in [0.1, 0.15) is 0 Å². The molecule has 110 valence electrons. The fourth-order valence-corrected chi connectivity index (χ4v) is 1.60. The monoisotopic (exact) mass is 331 g/mol. The van der Waals surface area contributed by atoms with Crippen LogP contribution in [0.1, 0.15) is 0 Å². The summed E-state index contributed by atoms with van der Waals surface area (Å²) in [6.45, 7) is 0. The molecule has 5 nitrogen and oxygen atoms in total. The highest BCUT2D eigenvalue weighted by Crippen LogP contribution is 2.50. The molecular weight excluding hydrogens is 330 g/mol. The molecule has 0 atom stereocenters. The number of hydrogen-bond donors (Lipinski definition) is 1. The van der Waals surface area contributed by atoms with Crippen molar-refractivity contribution in [2.24, 2.45) is 0 Å². The summed E-state index contributed by atoms with van der Waals surface area (Å²) in [6.07, 6.45) is 0. The molecule has 0 fully saturated rings. The Morgan fingerprint density at radius 2 is 1.11 bits per heavy atom. The molecule has 0 aliphatic carbocycles. The van der Waals surface area contributed by atoms with Crippen LogP contribution in [-0.4, -0.2) is 33.3 Å². The SMILES string of the molecule is O=S(=O)(F)C(F)(F)C(F)(F)C(F)(F)S(=O)(=O)NF. The maximum Gasteiger partial charge on any atom is 0.443 e. The standard InChI is InChI=1S/C3HF8NO4S2/c4-1(5,2(6,7)17(11,13)14)3(8,9)18(15,16)12-10/h12H. The van der Waals surface area contributed by atoms with Crippen molar-refractivity contribution in [2.75, 3.05) is 0 Å². The van der Waals surface area contributed by atoms with Crippen LogP contribution in [0.3, 0.4) is 0 Å². The zero-order chi connectivity index (χ0) is 15.2. The third kappa shape index (κ3) is 2.13. The Morgan fingerprint density at radius 1 is 0.778 bits per heavy atom. The average molecular weight is 331 g/mol. The first-order valence-corrected chi connectivity index (χ1v) is 6.12. The second-order valence-electron chi connectivity index (χ2n) is 2.63. The van der Waals surface area contributed by atoms with E-state index in [0.29, 0.717) is 0 Å². The molecule has 0 aromatic rings. The van der Waals surface area contributed by atoms with Gasteiger partial charge in [0.25, 0.3) is 0 Å². The third-order valence-corrected chi connectivity index (χ3v) is 3.48. The molecule has 0 saturated heterocycles. The van der Waals surface area contributed by atoms with Gasteiger partial charge in [-0.15, -0.1) is 4.48 Å². The van der Waals surface area contributed by atoms with E-state index in [0.717, 1.165) is 0 Å². The van der Waals surface area contributed by atoms with Crippen LogP contribution in [0.15, 0.2) is 0 Å². The Labute approximate surface area is 94.0 Å². The molecule has 0 aromatic heterocycles. The van der Waals surface area contributed by atoms with E-state index in [2.05, 4.69) is 0 Å². The molecule has 0 aliphatic rings. The second-order valence-corrected chi connectivity index (χ2v) is 5.69. The van der Waals surface area contributed by atoms with E-state index >= 15 is 0 Å². The van der Waals surface area contributed by atoms with Crippen molar-refractivity contribution in [1.29, 1.82) is 0 Å². The molecule has 1 N–H and O–H groups in total. The van der Waals surface area contributed by atoms with Crippen molar-refractivity contribution < 1.29 is 51.5 Å². The summed E-state index contributed by atoms with van der Waals surface area (Å²) in [4.78, 5) is -0.897. The molecule has 0 saturated carbocycles. The largest absolute Gasteiger partial charge is 0.443 e. The highest BCUT2D eigenvalue weighted by molar-refractivity contribution is 7.90. The van der Waals surface area contributed by atoms with Gasteiger partial charge in [0.05, 0.1) is 0 Å². The first-order chi connectivity index (χ1) is 7.56. The van der Waals surface area contributed by atoms with E-state index in [1.54, 1.807) is 0 Å². The molecular formula is C3HF8NO4S2. The lowest BCUT2D eigenvalue weighted by atomic mass is 10.3. The normalized spacial score (nSPS) is 15.8. The average Bonchev–Trinajstić information content (AvgIpc) is 2.15. The summed E-state index contributed by atoms with van der Waals surface area (Å²) in [7, 11) is -14.6. The molecule has 0 rings (SSSR count). The summed E-state index contributed by atoms with van der Waals surface area (Å²) in [5.74, 6) is -7.26. The minimum absolute atomic E-state index is 0.897. The maximum atomic E-state index is 12.5. The molecule has 0 aromatic carbocycles. The second kappa shape index (κ2) is 4.16. The number of rotatable bonds is 5. The van der Waals surface area contributed by atoms with Crippen LogP contribution in [-0.2, 0) is 20.2 Å². The van der Waals surface area contributed by atoms with E-state index in [1.807, 2.05) is 0 Å². The van der Waals surface area contributed by atoms with Crippen molar-refractivity contribution in [3.63, 3.8) is 0 Å². The van der Waals surface area contributed by atoms with Crippen LogP contribution < -0.4 is 4.94 Å². The molecule has 0 bridgehead atoms. The van der Waals surface area contributed by atoms with Crippen LogP contribution in [0.2, 0.25) is 0 Å². The Bertz CT molecular complexity index is 523. The van der Waals surface area contributed by atoms with Crippen LogP contribution in [0.4, 0.5) is 34.7 Å². The summed E-state index contributed by atoms with van der Waals surface area (Å²) < 4.78 is 137. The molecule has 0 heterocycles. The van der Waals surface area contributed by atoms with Crippen molar-refractivity contribution in [1.82, 2.24) is 4.94 Å². The van der Waals surface area contributed by atoms with Gasteiger partial charge in [0, 0.05) is 0 Å². The van der Waals surface area contributed by atoms with Gasteiger partial charge in [-0.05, 0) is 4.94 Å². The fraction of sp³-hybridized carbons (Fsp3) is 1.00. The Kier molecular flexibility index (Phi) is 3.99. The lowest BCUT2D eigenvalue weighted by Crippen LogP contribution is -2.61. The molecule has 15 heteroatoms. The molecule has 0 amide bonds. The van der Waals surface area contributed by atoms with Crippen LogP contribution >= 0.6 is 0 Å². The summed E-state index contributed by atoms with van der Waals surface area (Å²) in [6, 6.07) is 0. The highest BCUT2D eigenvalue weighted by Gasteiger charge is 2.82. The fourth-order valence-electron chi connectivity index (χ4n) is 0.540. The molecule has 0 radical (unpaired) electrons. The Balaban J connectivity index is 6.13. The number of nitrogens with one attached hydrogen (secondary N) is 1. The van der Waals surface area contributed by atoms with Crippen molar-refractivity contribution in [2.45, 2.75) is 16.4 Å². The number of alkyl halides is 6. The summed E-state index contributed by atoms with van der Waals surface area (Å²) >= 11 is 0. The number of sulfonamides is 1. The van der Waals surface area contributed by atoms with Crippen LogP contribution in [0, 0.1) is 0 Å². The number of halogens is 8. The zero-order valence-electron chi connectivity index (χ0n) is 7.47. The van der Waals surface area contributed by atoms with Gasteiger partial charge >= 0.3 is 36.7 Å². The molecule has 0 aliphatic heterocycles. The van der Waals surface area contributed by atoms with Crippen molar-refractivity contribution in [3.8, 4) is 0 Å². The van der Waals surface area contributed by atoms with Gasteiger partial charge in [-0.25, -0.2) is 8.42 Å². The van der Waals surface area contributed by atoms with Gasteiger partial charge < -0.3 is 0 Å². The lowest BCUT2D eigenvalue weighted by molar-refractivity contribution is -0.245. The van der Waals surface area contributed by atoms with E-state index < -0.39 is 41.6 Å². The molecule has 0 unspecified atom stereocenters. The van der Waals surface area contributed by atoms with Gasteiger partial charge in [0.15, 0.2) is 0 Å². The first kappa shape index (κ1) is 17.3. The van der Waals surface area contributed by atoms with Crippen molar-refractivity contribution >= 4 is 20.2 Å². The highest BCUT2D eigenvalue weighted by atomic mass is 32.3. The minimum atomic E-state index is -7.59. The van der Waals surface area contributed by atoms with E-state index in [4.69, 9.17) is 0 Å². The van der Waals surface area contributed by atoms with Gasteiger partial charge in [-0.2, -0.15) is 34.8 Å². The predicted molar refractivity (Wildman–Crippen MR) is 38.0 cm³/mol. The van der Waals surface area contributed by atoms with Crippen LogP contribution in [0.25, 0.3) is 0 Å². The van der Waals surface area contributed by atoms with Gasteiger partial charge in [-0.1, -0.05) is 3.89 Å². The van der Waals surface area contributed by atoms with Crippen molar-refractivity contribution in [3.05, 3.63) is 0 Å². The van der Waals surface area contributed by atoms with E-state index in [1.165, 1.54) is 0 Å². The lowest BCUT2D eigenvalue weighted by Gasteiger charge is -2.28. The zero-order valence-corrected chi connectivity index (χ0v) is 9.11. The summed E-state index contributed by atoms with van der Waals surface area (Å²) in [5.41, 5.74) is 0. The topological polar surface area (TPSA) is 80.3 Å². The smallest absolute Gasteiger partial charge is 0.203 e. The minimum Gasteiger partial charge on any atom is -0.203 e. The van der Waals surface area contributed by atoms with E-state index in [9.17, 15) is 51.5 Å². The Morgan fingerprint density at radius 3 is 1.33 bits per heavy atom. The van der Waals surface area contributed by atoms with Gasteiger partial charge in [-0.3, -0.25) is 0 Å². The maximum absolute atomic E-state index is 12.5. The summed E-state index contributed by atoms with van der Waals surface area (Å²) in [5, 5.41) is -14.0. The first-order valence-electron chi connectivity index (χ1n) is 3.26. The van der Waals surface area contributed by atoms with Crippen LogP contribution in [0.5, 0.6) is 0 Å². The third-order valence-electron chi connectivity index (χ3n) is 1.48. The van der Waals surface area contributed by atoms with Gasteiger partial charge in [0.2, 0.25) is 0 Å². The van der Waals surface area contributed by atoms with E-state index in [-0.39, 0.29) is 0 Å². The quantitative estimate of drug-likeness (QED) is 0.461. The molecule has 18 heavy (non-hydrogen) atoms. The molecule has 0 spiro atoms. The predicted octanol–water partition coefficient (Wildman–Crippen LogP) is 0.910. The Hall–Kier alpha value is -0.700.